The molecule has 3 heterocycles. The summed E-state index contributed by atoms with van der Waals surface area (Å²) in [4.78, 5) is 19.4. The quantitative estimate of drug-likeness (QED) is 0.723. The molecular weight excluding hydrogens is 366 g/mol. The largest absolute Gasteiger partial charge is 0.373 e. The van der Waals surface area contributed by atoms with Crippen molar-refractivity contribution < 1.29 is 9.53 Å². The average molecular weight is 391 g/mol. The Kier molecular flexibility index (Phi) is 5.69. The van der Waals surface area contributed by atoms with Crippen LogP contribution in [0.2, 0.25) is 0 Å². The number of ether oxygens (including phenoxy) is 1. The second kappa shape index (κ2) is 8.55. The third-order valence-corrected chi connectivity index (χ3v) is 4.87. The molecule has 4 rings (SSSR count). The van der Waals surface area contributed by atoms with Gasteiger partial charge in [0, 0.05) is 43.8 Å². The molecule has 2 atom stereocenters. The molecule has 3 aromatic rings. The van der Waals surface area contributed by atoms with E-state index < -0.39 is 0 Å². The zero-order valence-electron chi connectivity index (χ0n) is 16.7. The maximum Gasteiger partial charge on any atom is 0.255 e. The van der Waals surface area contributed by atoms with E-state index in [0.717, 1.165) is 19.6 Å². The number of nitrogens with zero attached hydrogens (tertiary/aromatic N) is 4. The van der Waals surface area contributed by atoms with Gasteiger partial charge in [-0.1, -0.05) is 12.1 Å². The SMILES string of the molecule is C[C@@H]1CN(Cc2ccc(C(=O)Nc3cccnc3-n3cccn3)cc2)C[C@@H](C)O1. The molecule has 2 aromatic heterocycles. The molecule has 1 aliphatic heterocycles. The van der Waals surface area contributed by atoms with Crippen LogP contribution in [0.1, 0.15) is 29.8 Å². The van der Waals surface area contributed by atoms with Gasteiger partial charge >= 0.3 is 0 Å². The normalized spacial score (nSPS) is 19.8. The average Bonchev–Trinajstić information content (AvgIpc) is 3.23. The van der Waals surface area contributed by atoms with Crippen molar-refractivity contribution in [2.45, 2.75) is 32.6 Å². The number of carbonyl (C=O) groups excluding carboxylic acids is 1. The Morgan fingerprint density at radius 1 is 1.10 bits per heavy atom. The number of benzene rings is 1. The lowest BCUT2D eigenvalue weighted by atomic mass is 10.1. The number of morpholine rings is 1. The lowest BCUT2D eigenvalue weighted by Gasteiger charge is -2.35. The van der Waals surface area contributed by atoms with Crippen LogP contribution in [0.5, 0.6) is 0 Å². The van der Waals surface area contributed by atoms with Gasteiger partial charge in [0.15, 0.2) is 5.82 Å². The molecule has 0 unspecified atom stereocenters. The van der Waals surface area contributed by atoms with Gasteiger partial charge in [0.2, 0.25) is 0 Å². The smallest absolute Gasteiger partial charge is 0.255 e. The fourth-order valence-corrected chi connectivity index (χ4v) is 3.70. The first-order valence-electron chi connectivity index (χ1n) is 9.81. The van der Waals surface area contributed by atoms with Crippen molar-refractivity contribution in [3.8, 4) is 5.82 Å². The summed E-state index contributed by atoms with van der Waals surface area (Å²) in [6, 6.07) is 13.2. The van der Waals surface area contributed by atoms with Gasteiger partial charge in [-0.15, -0.1) is 0 Å². The highest BCUT2D eigenvalue weighted by atomic mass is 16.5. The van der Waals surface area contributed by atoms with Gasteiger partial charge in [0.05, 0.1) is 17.9 Å². The molecule has 1 aromatic carbocycles. The Balaban J connectivity index is 1.43. The van der Waals surface area contributed by atoms with E-state index in [1.807, 2.05) is 36.4 Å². The summed E-state index contributed by atoms with van der Waals surface area (Å²) in [5.41, 5.74) is 2.40. The number of hydrogen-bond acceptors (Lipinski definition) is 5. The summed E-state index contributed by atoms with van der Waals surface area (Å²) in [6.07, 6.45) is 5.63. The van der Waals surface area contributed by atoms with E-state index in [1.54, 1.807) is 29.3 Å². The van der Waals surface area contributed by atoms with Crippen LogP contribution in [-0.2, 0) is 11.3 Å². The maximum absolute atomic E-state index is 12.7. The number of rotatable bonds is 5. The van der Waals surface area contributed by atoms with Gasteiger partial charge < -0.3 is 10.1 Å². The van der Waals surface area contributed by atoms with Crippen LogP contribution in [0.25, 0.3) is 5.82 Å². The van der Waals surface area contributed by atoms with Crippen LogP contribution in [0, 0.1) is 0 Å². The fraction of sp³-hybridized carbons (Fsp3) is 0.318. The van der Waals surface area contributed by atoms with E-state index >= 15 is 0 Å². The Morgan fingerprint density at radius 2 is 1.86 bits per heavy atom. The van der Waals surface area contributed by atoms with Gasteiger partial charge in [-0.05, 0) is 49.7 Å². The summed E-state index contributed by atoms with van der Waals surface area (Å²) in [5.74, 6) is 0.407. The van der Waals surface area contributed by atoms with Crippen molar-refractivity contribution >= 4 is 11.6 Å². The summed E-state index contributed by atoms with van der Waals surface area (Å²) in [7, 11) is 0. The first kappa shape index (κ1) is 19.3. The molecule has 1 amide bonds. The summed E-state index contributed by atoms with van der Waals surface area (Å²) in [6.45, 7) is 6.90. The molecule has 7 nitrogen and oxygen atoms in total. The third-order valence-electron chi connectivity index (χ3n) is 4.87. The topological polar surface area (TPSA) is 72.3 Å². The van der Waals surface area contributed by atoms with E-state index in [0.29, 0.717) is 17.1 Å². The second-order valence-electron chi connectivity index (χ2n) is 7.43. The monoisotopic (exact) mass is 391 g/mol. The van der Waals surface area contributed by atoms with E-state index in [9.17, 15) is 4.79 Å². The predicted molar refractivity (Wildman–Crippen MR) is 111 cm³/mol. The molecule has 1 fully saturated rings. The minimum atomic E-state index is -0.174. The number of nitrogens with one attached hydrogen (secondary N) is 1. The fourth-order valence-electron chi connectivity index (χ4n) is 3.70. The van der Waals surface area contributed by atoms with Gasteiger partial charge in [-0.2, -0.15) is 5.10 Å². The van der Waals surface area contributed by atoms with E-state index in [4.69, 9.17) is 4.74 Å². The van der Waals surface area contributed by atoms with Crippen molar-refractivity contribution in [3.05, 3.63) is 72.2 Å². The molecular formula is C22H25N5O2. The van der Waals surface area contributed by atoms with Crippen molar-refractivity contribution in [2.24, 2.45) is 0 Å². The molecule has 0 spiro atoms. The summed E-state index contributed by atoms with van der Waals surface area (Å²) >= 11 is 0. The van der Waals surface area contributed by atoms with Crippen molar-refractivity contribution in [1.82, 2.24) is 19.7 Å². The van der Waals surface area contributed by atoms with Crippen molar-refractivity contribution in [3.63, 3.8) is 0 Å². The maximum atomic E-state index is 12.7. The minimum absolute atomic E-state index is 0.174. The third kappa shape index (κ3) is 4.70. The van der Waals surface area contributed by atoms with Crippen LogP contribution in [-0.4, -0.2) is 50.9 Å². The van der Waals surface area contributed by atoms with E-state index in [2.05, 4.69) is 34.1 Å². The van der Waals surface area contributed by atoms with Crippen LogP contribution in [0.15, 0.2) is 61.1 Å². The van der Waals surface area contributed by atoms with Gasteiger partial charge in [0.25, 0.3) is 5.91 Å². The lowest BCUT2D eigenvalue weighted by molar-refractivity contribution is -0.0704. The number of carbonyl (C=O) groups is 1. The van der Waals surface area contributed by atoms with Gasteiger partial charge in [-0.25, -0.2) is 9.67 Å². The molecule has 1 saturated heterocycles. The van der Waals surface area contributed by atoms with Gasteiger partial charge in [0.1, 0.15) is 0 Å². The second-order valence-corrected chi connectivity index (χ2v) is 7.43. The Morgan fingerprint density at radius 3 is 2.55 bits per heavy atom. The standard InChI is InChI=1S/C22H25N5O2/c1-16-13-26(14-17(2)29-16)15-18-6-8-19(9-7-18)22(28)25-20-5-3-10-23-21(20)27-12-4-11-24-27/h3-12,16-17H,13-15H2,1-2H3,(H,25,28)/t16-,17-/m1/s1. The van der Waals surface area contributed by atoms with Crippen LogP contribution in [0.4, 0.5) is 5.69 Å². The Labute approximate surface area is 170 Å². The molecule has 0 aliphatic carbocycles. The highest BCUT2D eigenvalue weighted by Gasteiger charge is 2.22. The van der Waals surface area contributed by atoms with Crippen molar-refractivity contribution in [2.75, 3.05) is 18.4 Å². The van der Waals surface area contributed by atoms with E-state index in [1.165, 1.54) is 5.56 Å². The molecule has 1 aliphatic rings. The first-order valence-corrected chi connectivity index (χ1v) is 9.81. The number of hydrogen-bond donors (Lipinski definition) is 1. The molecule has 150 valence electrons. The molecule has 29 heavy (non-hydrogen) atoms. The zero-order valence-corrected chi connectivity index (χ0v) is 16.7. The summed E-state index contributed by atoms with van der Waals surface area (Å²) in [5, 5.41) is 7.13. The Bertz CT molecular complexity index is 946. The summed E-state index contributed by atoms with van der Waals surface area (Å²) < 4.78 is 7.42. The first-order chi connectivity index (χ1) is 14.1. The van der Waals surface area contributed by atoms with Crippen LogP contribution < -0.4 is 5.32 Å². The predicted octanol–water partition coefficient (Wildman–Crippen LogP) is 3.13. The Hall–Kier alpha value is -3.03. The molecule has 0 bridgehead atoms. The highest BCUT2D eigenvalue weighted by Crippen LogP contribution is 2.18. The molecule has 7 heteroatoms. The molecule has 0 radical (unpaired) electrons. The van der Waals surface area contributed by atoms with Crippen LogP contribution >= 0.6 is 0 Å². The molecule has 0 saturated carbocycles. The van der Waals surface area contributed by atoms with Gasteiger partial charge in [-0.3, -0.25) is 9.69 Å². The highest BCUT2D eigenvalue weighted by molar-refractivity contribution is 6.05. The van der Waals surface area contributed by atoms with Crippen molar-refractivity contribution in [1.29, 1.82) is 0 Å². The molecule has 1 N–H and O–H groups in total. The number of pyridine rings is 1. The van der Waals surface area contributed by atoms with E-state index in [-0.39, 0.29) is 18.1 Å². The number of anilines is 1. The zero-order chi connectivity index (χ0) is 20.2. The van der Waals surface area contributed by atoms with Crippen LogP contribution in [0.3, 0.4) is 0 Å². The minimum Gasteiger partial charge on any atom is -0.373 e. The number of aromatic nitrogens is 3. The lowest BCUT2D eigenvalue weighted by Crippen LogP contribution is -2.44. The number of amides is 1.